The zero-order chi connectivity index (χ0) is 16.2. The van der Waals surface area contributed by atoms with Crippen molar-refractivity contribution in [2.75, 3.05) is 5.32 Å². The largest absolute Gasteiger partial charge is 0.381 e. The number of rotatable bonds is 5. The SMILES string of the molecule is c1ccc(-n2cc(CNc3cccc(-n4cnnn4)c3)cn2)cc1. The highest BCUT2D eigenvalue weighted by molar-refractivity contribution is 5.50. The van der Waals surface area contributed by atoms with Crippen LogP contribution in [0.2, 0.25) is 0 Å². The van der Waals surface area contributed by atoms with Crippen molar-refractivity contribution < 1.29 is 0 Å². The van der Waals surface area contributed by atoms with Gasteiger partial charge in [0.15, 0.2) is 0 Å². The molecular weight excluding hydrogens is 302 g/mol. The van der Waals surface area contributed by atoms with E-state index in [2.05, 4.69) is 25.9 Å². The van der Waals surface area contributed by atoms with Gasteiger partial charge in [-0.1, -0.05) is 24.3 Å². The van der Waals surface area contributed by atoms with Crippen molar-refractivity contribution in [2.24, 2.45) is 0 Å². The van der Waals surface area contributed by atoms with Gasteiger partial charge < -0.3 is 5.32 Å². The maximum absolute atomic E-state index is 4.40. The lowest BCUT2D eigenvalue weighted by Gasteiger charge is -2.06. The molecule has 2 heterocycles. The maximum Gasteiger partial charge on any atom is 0.143 e. The van der Waals surface area contributed by atoms with Gasteiger partial charge >= 0.3 is 0 Å². The third kappa shape index (κ3) is 3.00. The Kier molecular flexibility index (Phi) is 3.73. The zero-order valence-corrected chi connectivity index (χ0v) is 12.8. The molecule has 1 N–H and O–H groups in total. The molecule has 0 saturated carbocycles. The van der Waals surface area contributed by atoms with Crippen molar-refractivity contribution in [2.45, 2.75) is 6.54 Å². The number of hydrogen-bond donors (Lipinski definition) is 1. The van der Waals surface area contributed by atoms with Gasteiger partial charge in [-0.05, 0) is 40.8 Å². The maximum atomic E-state index is 4.40. The van der Waals surface area contributed by atoms with Crippen LogP contribution in [0.15, 0.2) is 73.3 Å². The van der Waals surface area contributed by atoms with E-state index in [4.69, 9.17) is 0 Å². The first kappa shape index (κ1) is 14.1. The van der Waals surface area contributed by atoms with Gasteiger partial charge in [0.25, 0.3) is 0 Å². The van der Waals surface area contributed by atoms with Crippen molar-refractivity contribution in [1.82, 2.24) is 30.0 Å². The molecule has 0 unspecified atom stereocenters. The quantitative estimate of drug-likeness (QED) is 0.612. The van der Waals surface area contributed by atoms with Gasteiger partial charge in [0.05, 0.1) is 17.6 Å². The van der Waals surface area contributed by atoms with Crippen LogP contribution in [-0.4, -0.2) is 30.0 Å². The molecule has 0 aliphatic heterocycles. The summed E-state index contributed by atoms with van der Waals surface area (Å²) >= 11 is 0. The Morgan fingerprint density at radius 2 is 1.79 bits per heavy atom. The Bertz CT molecular complexity index is 913. The van der Waals surface area contributed by atoms with E-state index in [0.717, 1.165) is 22.6 Å². The molecule has 2 aromatic carbocycles. The molecule has 0 bridgehead atoms. The van der Waals surface area contributed by atoms with Gasteiger partial charge in [-0.3, -0.25) is 0 Å². The summed E-state index contributed by atoms with van der Waals surface area (Å²) < 4.78 is 3.49. The molecule has 0 amide bonds. The molecule has 0 saturated heterocycles. The van der Waals surface area contributed by atoms with Crippen LogP contribution >= 0.6 is 0 Å². The summed E-state index contributed by atoms with van der Waals surface area (Å²) in [5.74, 6) is 0. The molecule has 0 atom stereocenters. The summed E-state index contributed by atoms with van der Waals surface area (Å²) in [5, 5.41) is 19.0. The number of nitrogens with one attached hydrogen (secondary N) is 1. The number of benzene rings is 2. The minimum Gasteiger partial charge on any atom is -0.381 e. The molecule has 0 fully saturated rings. The topological polar surface area (TPSA) is 73.5 Å². The summed E-state index contributed by atoms with van der Waals surface area (Å²) in [5.41, 5.74) is 4.05. The second-order valence-electron chi connectivity index (χ2n) is 5.29. The number of anilines is 1. The van der Waals surface area contributed by atoms with E-state index >= 15 is 0 Å². The minimum atomic E-state index is 0.686. The van der Waals surface area contributed by atoms with Gasteiger partial charge in [-0.25, -0.2) is 9.36 Å². The minimum absolute atomic E-state index is 0.686. The lowest BCUT2D eigenvalue weighted by molar-refractivity contribution is 0.789. The van der Waals surface area contributed by atoms with Crippen LogP contribution in [0.3, 0.4) is 0 Å². The fourth-order valence-electron chi connectivity index (χ4n) is 2.42. The third-order valence-electron chi connectivity index (χ3n) is 3.61. The van der Waals surface area contributed by atoms with Crippen LogP contribution in [-0.2, 0) is 6.54 Å². The molecule has 7 heteroatoms. The summed E-state index contributed by atoms with van der Waals surface area (Å²) in [6, 6.07) is 18.0. The normalized spacial score (nSPS) is 10.7. The first-order chi connectivity index (χ1) is 11.9. The lowest BCUT2D eigenvalue weighted by atomic mass is 10.2. The van der Waals surface area contributed by atoms with Gasteiger partial charge in [-0.2, -0.15) is 5.10 Å². The van der Waals surface area contributed by atoms with E-state index in [9.17, 15) is 0 Å². The number of aromatic nitrogens is 6. The fraction of sp³-hybridized carbons (Fsp3) is 0.0588. The molecular formula is C17H15N7. The second kappa shape index (κ2) is 6.33. The molecule has 0 radical (unpaired) electrons. The molecule has 0 aliphatic rings. The van der Waals surface area contributed by atoms with Crippen molar-refractivity contribution in [3.63, 3.8) is 0 Å². The van der Waals surface area contributed by atoms with Crippen molar-refractivity contribution in [3.05, 3.63) is 78.9 Å². The molecule has 2 aromatic heterocycles. The Labute approximate surface area is 138 Å². The standard InChI is InChI=1S/C17H15N7/c1-2-6-16(7-3-1)23-12-14(11-20-23)10-18-15-5-4-8-17(9-15)24-13-19-21-22-24/h1-9,11-13,18H,10H2. The predicted octanol–water partition coefficient (Wildman–Crippen LogP) is 2.46. The predicted molar refractivity (Wildman–Crippen MR) is 90.0 cm³/mol. The van der Waals surface area contributed by atoms with Crippen molar-refractivity contribution in [3.8, 4) is 11.4 Å². The first-order valence-electron chi connectivity index (χ1n) is 7.55. The summed E-state index contributed by atoms with van der Waals surface area (Å²) in [7, 11) is 0. The van der Waals surface area contributed by atoms with Gasteiger partial charge in [-0.15, -0.1) is 5.10 Å². The Morgan fingerprint density at radius 1 is 0.917 bits per heavy atom. The van der Waals surface area contributed by atoms with E-state index in [1.54, 1.807) is 11.0 Å². The number of nitrogens with zero attached hydrogens (tertiary/aromatic N) is 6. The monoisotopic (exact) mass is 317 g/mol. The molecule has 4 rings (SSSR count). The van der Waals surface area contributed by atoms with Crippen LogP contribution in [0, 0.1) is 0 Å². The van der Waals surface area contributed by atoms with Crippen LogP contribution in [0.4, 0.5) is 5.69 Å². The van der Waals surface area contributed by atoms with Gasteiger partial charge in [0, 0.05) is 24.0 Å². The average molecular weight is 317 g/mol. The van der Waals surface area contributed by atoms with E-state index in [1.807, 2.05) is 71.7 Å². The molecule has 0 aliphatic carbocycles. The molecule has 24 heavy (non-hydrogen) atoms. The van der Waals surface area contributed by atoms with Crippen LogP contribution in [0.5, 0.6) is 0 Å². The van der Waals surface area contributed by atoms with Crippen LogP contribution in [0.25, 0.3) is 11.4 Å². The second-order valence-corrected chi connectivity index (χ2v) is 5.29. The summed E-state index contributed by atoms with van der Waals surface area (Å²) in [6.45, 7) is 0.686. The average Bonchev–Trinajstić information content (AvgIpc) is 3.33. The Morgan fingerprint density at radius 3 is 2.62 bits per heavy atom. The molecule has 0 spiro atoms. The van der Waals surface area contributed by atoms with E-state index in [0.29, 0.717) is 6.54 Å². The first-order valence-corrected chi connectivity index (χ1v) is 7.55. The van der Waals surface area contributed by atoms with Gasteiger partial charge in [0.1, 0.15) is 6.33 Å². The van der Waals surface area contributed by atoms with E-state index < -0.39 is 0 Å². The Balaban J connectivity index is 1.46. The Hall–Kier alpha value is -3.48. The van der Waals surface area contributed by atoms with Gasteiger partial charge in [0.2, 0.25) is 0 Å². The van der Waals surface area contributed by atoms with Crippen LogP contribution in [0.1, 0.15) is 5.56 Å². The zero-order valence-electron chi connectivity index (χ0n) is 12.8. The van der Waals surface area contributed by atoms with Crippen LogP contribution < -0.4 is 5.32 Å². The third-order valence-corrected chi connectivity index (χ3v) is 3.61. The smallest absolute Gasteiger partial charge is 0.143 e. The van der Waals surface area contributed by atoms with Crippen molar-refractivity contribution in [1.29, 1.82) is 0 Å². The molecule has 4 aromatic rings. The fourth-order valence-corrected chi connectivity index (χ4v) is 2.42. The summed E-state index contributed by atoms with van der Waals surface area (Å²) in [4.78, 5) is 0. The summed E-state index contributed by atoms with van der Waals surface area (Å²) in [6.07, 6.45) is 5.46. The highest BCUT2D eigenvalue weighted by Crippen LogP contribution is 2.15. The molecule has 118 valence electrons. The number of hydrogen-bond acceptors (Lipinski definition) is 5. The molecule has 7 nitrogen and oxygen atoms in total. The highest BCUT2D eigenvalue weighted by Gasteiger charge is 2.02. The van der Waals surface area contributed by atoms with E-state index in [-0.39, 0.29) is 0 Å². The van der Waals surface area contributed by atoms with Crippen molar-refractivity contribution >= 4 is 5.69 Å². The van der Waals surface area contributed by atoms with E-state index in [1.165, 1.54) is 0 Å². The number of tetrazole rings is 1. The highest BCUT2D eigenvalue weighted by atomic mass is 15.5. The number of para-hydroxylation sites is 1. The lowest BCUT2D eigenvalue weighted by Crippen LogP contribution is -2.01.